The molecule has 0 bridgehead atoms. The van der Waals surface area contributed by atoms with Crippen LogP contribution in [-0.4, -0.2) is 5.91 Å². The lowest BCUT2D eigenvalue weighted by molar-refractivity contribution is -0.118. The molecule has 0 aliphatic rings. The molecule has 0 saturated heterocycles. The van der Waals surface area contributed by atoms with Crippen molar-refractivity contribution in [1.82, 2.24) is 0 Å². The Bertz CT molecular complexity index is 617. The molecule has 1 atom stereocenters. The molecule has 4 heteroatoms. The smallest absolute Gasteiger partial charge is 0.244 e. The van der Waals surface area contributed by atoms with Crippen LogP contribution in [0.4, 0.5) is 5.69 Å². The average Bonchev–Trinajstić information content (AvgIpc) is 2.45. The summed E-state index contributed by atoms with van der Waals surface area (Å²) in [5.41, 5.74) is 7.23. The number of anilines is 1. The van der Waals surface area contributed by atoms with Crippen LogP contribution in [0.1, 0.15) is 17.2 Å². The van der Waals surface area contributed by atoms with E-state index in [0.717, 1.165) is 5.69 Å². The molecule has 0 radical (unpaired) electrons. The van der Waals surface area contributed by atoms with Crippen molar-refractivity contribution in [2.24, 2.45) is 5.73 Å². The fourth-order valence-electron chi connectivity index (χ4n) is 1.85. The SMILES string of the molecule is N#Cc1ccccc1C(Nc1ccccc1)C(N)=O. The van der Waals surface area contributed by atoms with Crippen LogP contribution in [0.5, 0.6) is 0 Å². The predicted octanol–water partition coefficient (Wildman–Crippen LogP) is 2.20. The van der Waals surface area contributed by atoms with Gasteiger partial charge < -0.3 is 11.1 Å². The Morgan fingerprint density at radius 1 is 1.11 bits per heavy atom. The van der Waals surface area contributed by atoms with Gasteiger partial charge in [-0.3, -0.25) is 4.79 Å². The Morgan fingerprint density at radius 2 is 1.74 bits per heavy atom. The predicted molar refractivity (Wildman–Crippen MR) is 73.2 cm³/mol. The van der Waals surface area contributed by atoms with E-state index in [-0.39, 0.29) is 0 Å². The minimum atomic E-state index is -0.724. The maximum Gasteiger partial charge on any atom is 0.244 e. The van der Waals surface area contributed by atoms with Gasteiger partial charge in [0.1, 0.15) is 6.04 Å². The normalized spacial score (nSPS) is 11.3. The third kappa shape index (κ3) is 2.90. The van der Waals surface area contributed by atoms with Crippen molar-refractivity contribution in [3.63, 3.8) is 0 Å². The molecule has 0 fully saturated rings. The van der Waals surface area contributed by atoms with Gasteiger partial charge in [-0.25, -0.2) is 0 Å². The summed E-state index contributed by atoms with van der Waals surface area (Å²) in [6.45, 7) is 0. The van der Waals surface area contributed by atoms with E-state index in [0.29, 0.717) is 11.1 Å². The molecular weight excluding hydrogens is 238 g/mol. The number of amides is 1. The van der Waals surface area contributed by atoms with Crippen LogP contribution in [0.2, 0.25) is 0 Å². The second-order valence-electron chi connectivity index (χ2n) is 4.04. The number of rotatable bonds is 4. The lowest BCUT2D eigenvalue weighted by atomic mass is 10.0. The van der Waals surface area contributed by atoms with Gasteiger partial charge in [-0.2, -0.15) is 5.26 Å². The van der Waals surface area contributed by atoms with Crippen LogP contribution in [0.15, 0.2) is 54.6 Å². The van der Waals surface area contributed by atoms with Gasteiger partial charge in [0.2, 0.25) is 5.91 Å². The first kappa shape index (κ1) is 12.7. The zero-order valence-electron chi connectivity index (χ0n) is 10.2. The van der Waals surface area contributed by atoms with Crippen molar-refractivity contribution >= 4 is 11.6 Å². The van der Waals surface area contributed by atoms with Gasteiger partial charge in [0.25, 0.3) is 0 Å². The van der Waals surface area contributed by atoms with Gasteiger partial charge in [-0.1, -0.05) is 36.4 Å². The van der Waals surface area contributed by atoms with E-state index in [1.54, 1.807) is 24.3 Å². The Morgan fingerprint density at radius 3 is 2.37 bits per heavy atom. The van der Waals surface area contributed by atoms with E-state index in [1.165, 1.54) is 0 Å². The van der Waals surface area contributed by atoms with E-state index in [2.05, 4.69) is 11.4 Å². The third-order valence-corrected chi connectivity index (χ3v) is 2.76. The van der Waals surface area contributed by atoms with Crippen molar-refractivity contribution in [3.05, 3.63) is 65.7 Å². The van der Waals surface area contributed by atoms with Crippen molar-refractivity contribution < 1.29 is 4.79 Å². The van der Waals surface area contributed by atoms with Crippen LogP contribution in [0.25, 0.3) is 0 Å². The Balaban J connectivity index is 2.36. The summed E-state index contributed by atoms with van der Waals surface area (Å²) >= 11 is 0. The molecule has 3 N–H and O–H groups in total. The van der Waals surface area contributed by atoms with Crippen LogP contribution < -0.4 is 11.1 Å². The van der Waals surface area contributed by atoms with Gasteiger partial charge in [-0.05, 0) is 18.2 Å². The number of hydrogen-bond donors (Lipinski definition) is 2. The number of hydrogen-bond acceptors (Lipinski definition) is 3. The number of carbonyl (C=O) groups is 1. The number of nitrogens with two attached hydrogens (primary N) is 1. The number of carbonyl (C=O) groups excluding carboxylic acids is 1. The monoisotopic (exact) mass is 251 g/mol. The summed E-state index contributed by atoms with van der Waals surface area (Å²) in [5.74, 6) is -0.522. The van der Waals surface area contributed by atoms with Crippen molar-refractivity contribution in [2.45, 2.75) is 6.04 Å². The molecule has 0 saturated carbocycles. The van der Waals surface area contributed by atoms with E-state index in [1.807, 2.05) is 30.3 Å². The molecule has 19 heavy (non-hydrogen) atoms. The summed E-state index contributed by atoms with van der Waals surface area (Å²) in [6, 6.07) is 17.5. The maximum atomic E-state index is 11.6. The number of nitriles is 1. The number of nitrogens with zero attached hydrogens (tertiary/aromatic N) is 1. The highest BCUT2D eigenvalue weighted by atomic mass is 16.1. The van der Waals surface area contributed by atoms with Crippen LogP contribution >= 0.6 is 0 Å². The molecule has 94 valence electrons. The molecule has 2 rings (SSSR count). The molecule has 0 spiro atoms. The molecule has 0 heterocycles. The molecule has 0 aliphatic heterocycles. The summed E-state index contributed by atoms with van der Waals surface area (Å²) in [4.78, 5) is 11.6. The summed E-state index contributed by atoms with van der Waals surface area (Å²) < 4.78 is 0. The standard InChI is InChI=1S/C15H13N3O/c16-10-11-6-4-5-9-13(11)14(15(17)19)18-12-7-2-1-3-8-12/h1-9,14,18H,(H2,17,19). The highest BCUT2D eigenvalue weighted by molar-refractivity contribution is 5.85. The summed E-state index contributed by atoms with van der Waals surface area (Å²) in [6.07, 6.45) is 0. The third-order valence-electron chi connectivity index (χ3n) is 2.76. The number of benzene rings is 2. The van der Waals surface area contributed by atoms with Gasteiger partial charge >= 0.3 is 0 Å². The van der Waals surface area contributed by atoms with Gasteiger partial charge in [0.15, 0.2) is 0 Å². The lowest BCUT2D eigenvalue weighted by Crippen LogP contribution is -2.28. The first-order valence-electron chi connectivity index (χ1n) is 5.82. The molecule has 1 amide bonds. The second kappa shape index (κ2) is 5.69. The average molecular weight is 251 g/mol. The number of nitrogens with one attached hydrogen (secondary N) is 1. The second-order valence-corrected chi connectivity index (χ2v) is 4.04. The van der Waals surface area contributed by atoms with Crippen molar-refractivity contribution in [1.29, 1.82) is 5.26 Å². The molecule has 0 aliphatic carbocycles. The van der Waals surface area contributed by atoms with Gasteiger partial charge in [-0.15, -0.1) is 0 Å². The molecular formula is C15H13N3O. The van der Waals surface area contributed by atoms with E-state index < -0.39 is 11.9 Å². The Hall–Kier alpha value is -2.80. The first-order valence-corrected chi connectivity index (χ1v) is 5.82. The van der Waals surface area contributed by atoms with Crippen LogP contribution in [0.3, 0.4) is 0 Å². The number of primary amides is 1. The van der Waals surface area contributed by atoms with Crippen molar-refractivity contribution in [2.75, 3.05) is 5.32 Å². The Kier molecular flexibility index (Phi) is 3.79. The molecule has 2 aromatic rings. The highest BCUT2D eigenvalue weighted by Gasteiger charge is 2.20. The van der Waals surface area contributed by atoms with Crippen molar-refractivity contribution in [3.8, 4) is 6.07 Å². The lowest BCUT2D eigenvalue weighted by Gasteiger charge is -2.18. The van der Waals surface area contributed by atoms with Gasteiger partial charge in [0.05, 0.1) is 11.6 Å². The first-order chi connectivity index (χ1) is 9.22. The summed E-state index contributed by atoms with van der Waals surface area (Å²) in [5, 5.41) is 12.1. The molecule has 4 nitrogen and oxygen atoms in total. The topological polar surface area (TPSA) is 78.9 Å². The zero-order chi connectivity index (χ0) is 13.7. The van der Waals surface area contributed by atoms with Crippen LogP contribution in [0, 0.1) is 11.3 Å². The van der Waals surface area contributed by atoms with E-state index in [9.17, 15) is 4.79 Å². The Labute approximate surface area is 111 Å². The van der Waals surface area contributed by atoms with E-state index in [4.69, 9.17) is 11.0 Å². The molecule has 0 aromatic heterocycles. The molecule has 1 unspecified atom stereocenters. The zero-order valence-corrected chi connectivity index (χ0v) is 10.2. The van der Waals surface area contributed by atoms with E-state index >= 15 is 0 Å². The minimum Gasteiger partial charge on any atom is -0.370 e. The summed E-state index contributed by atoms with van der Waals surface area (Å²) in [7, 11) is 0. The largest absolute Gasteiger partial charge is 0.370 e. The minimum absolute atomic E-state index is 0.440. The van der Waals surface area contributed by atoms with Crippen LogP contribution in [-0.2, 0) is 4.79 Å². The quantitative estimate of drug-likeness (QED) is 0.874. The fraction of sp³-hybridized carbons (Fsp3) is 0.0667. The van der Waals surface area contributed by atoms with Gasteiger partial charge in [0, 0.05) is 11.3 Å². The molecule has 2 aromatic carbocycles. The maximum absolute atomic E-state index is 11.6. The fourth-order valence-corrected chi connectivity index (χ4v) is 1.85. The highest BCUT2D eigenvalue weighted by Crippen LogP contribution is 2.22. The number of para-hydroxylation sites is 1.